The second-order valence-corrected chi connectivity index (χ2v) is 7.60. The van der Waals surface area contributed by atoms with Crippen LogP contribution >= 0.6 is 0 Å². The highest BCUT2D eigenvalue weighted by molar-refractivity contribution is 5.79. The first-order valence-electron chi connectivity index (χ1n) is 11.0. The Morgan fingerprint density at radius 1 is 1.21 bits per heavy atom. The summed E-state index contributed by atoms with van der Waals surface area (Å²) in [5.74, 6) is 3.58. The summed E-state index contributed by atoms with van der Waals surface area (Å²) in [6, 6.07) is 0. The van der Waals surface area contributed by atoms with E-state index in [4.69, 9.17) is 14.5 Å². The van der Waals surface area contributed by atoms with Crippen LogP contribution in [0.1, 0.15) is 57.1 Å². The number of ether oxygens (including phenoxy) is 2. The van der Waals surface area contributed by atoms with E-state index in [1.807, 2.05) is 0 Å². The average Bonchev–Trinajstić information content (AvgIpc) is 2.95. The number of aryl methyl sites for hydroxylation is 1. The first-order valence-corrected chi connectivity index (χ1v) is 11.0. The summed E-state index contributed by atoms with van der Waals surface area (Å²) in [4.78, 5) is 4.70. The van der Waals surface area contributed by atoms with Crippen LogP contribution in [-0.2, 0) is 29.0 Å². The van der Waals surface area contributed by atoms with Gasteiger partial charge in [0.05, 0.1) is 0 Å². The summed E-state index contributed by atoms with van der Waals surface area (Å²) in [5.41, 5.74) is 0. The Hall–Kier alpha value is -1.67. The Morgan fingerprint density at radius 2 is 2.11 bits per heavy atom. The molecule has 28 heavy (non-hydrogen) atoms. The summed E-state index contributed by atoms with van der Waals surface area (Å²) in [6.45, 7) is 8.74. The lowest BCUT2D eigenvalue weighted by atomic mass is 10.0. The van der Waals surface area contributed by atoms with Gasteiger partial charge in [-0.15, -0.1) is 10.2 Å². The Morgan fingerprint density at radius 3 is 2.96 bits per heavy atom. The monoisotopic (exact) mass is 392 g/mol. The van der Waals surface area contributed by atoms with Gasteiger partial charge in [0.1, 0.15) is 12.4 Å². The molecule has 0 aliphatic carbocycles. The fourth-order valence-electron chi connectivity index (χ4n) is 3.70. The molecule has 1 aromatic rings. The van der Waals surface area contributed by atoms with Crippen LogP contribution in [0.15, 0.2) is 4.99 Å². The highest BCUT2D eigenvalue weighted by Gasteiger charge is 2.15. The van der Waals surface area contributed by atoms with Gasteiger partial charge >= 0.3 is 0 Å². The van der Waals surface area contributed by atoms with Gasteiger partial charge in [0.25, 0.3) is 0 Å². The highest BCUT2D eigenvalue weighted by Crippen LogP contribution is 2.15. The van der Waals surface area contributed by atoms with Crippen molar-refractivity contribution >= 4 is 5.96 Å². The smallest absolute Gasteiger partial charge is 0.191 e. The largest absolute Gasteiger partial charge is 0.381 e. The molecule has 0 saturated carbocycles. The van der Waals surface area contributed by atoms with Crippen molar-refractivity contribution in [2.75, 3.05) is 39.5 Å². The van der Waals surface area contributed by atoms with Gasteiger partial charge < -0.3 is 24.7 Å². The molecule has 0 bridgehead atoms. The number of guanidine groups is 1. The number of aliphatic imine (C=N–C) groups is 1. The molecular weight excluding hydrogens is 356 g/mol. The van der Waals surface area contributed by atoms with Crippen LogP contribution in [0.2, 0.25) is 0 Å². The van der Waals surface area contributed by atoms with Crippen molar-refractivity contribution in [3.63, 3.8) is 0 Å². The van der Waals surface area contributed by atoms with Crippen LogP contribution in [0.3, 0.4) is 0 Å². The zero-order valence-electron chi connectivity index (χ0n) is 17.3. The summed E-state index contributed by atoms with van der Waals surface area (Å²) in [5, 5.41) is 15.4. The van der Waals surface area contributed by atoms with Crippen LogP contribution in [0.5, 0.6) is 0 Å². The van der Waals surface area contributed by atoms with Gasteiger partial charge in [0, 0.05) is 52.5 Å². The molecule has 0 aromatic carbocycles. The molecule has 8 nitrogen and oxygen atoms in total. The fourth-order valence-corrected chi connectivity index (χ4v) is 3.70. The van der Waals surface area contributed by atoms with E-state index >= 15 is 0 Å². The standard InChI is InChI=1S/C20H36N6O2/c1-2-21-20(22-10-6-12-28-16-17-8-13-27-14-9-17)23-15-19-25-24-18-7-4-3-5-11-26(18)19/h17H,2-16H2,1H3,(H2,21,22,23). The lowest BCUT2D eigenvalue weighted by molar-refractivity contribution is 0.0203. The summed E-state index contributed by atoms with van der Waals surface area (Å²) < 4.78 is 13.5. The highest BCUT2D eigenvalue weighted by atomic mass is 16.5. The quantitative estimate of drug-likeness (QED) is 0.379. The lowest BCUT2D eigenvalue weighted by Crippen LogP contribution is -2.38. The maximum atomic E-state index is 5.83. The molecule has 0 amide bonds. The van der Waals surface area contributed by atoms with E-state index < -0.39 is 0 Å². The number of nitrogens with one attached hydrogen (secondary N) is 2. The predicted molar refractivity (Wildman–Crippen MR) is 109 cm³/mol. The van der Waals surface area contributed by atoms with Crippen molar-refractivity contribution in [2.45, 2.75) is 65.0 Å². The van der Waals surface area contributed by atoms with E-state index in [0.717, 1.165) is 89.4 Å². The van der Waals surface area contributed by atoms with Gasteiger partial charge in [-0.3, -0.25) is 0 Å². The minimum Gasteiger partial charge on any atom is -0.381 e. The van der Waals surface area contributed by atoms with Crippen molar-refractivity contribution in [3.8, 4) is 0 Å². The Bertz CT molecular complexity index is 598. The van der Waals surface area contributed by atoms with Gasteiger partial charge in [0.15, 0.2) is 11.8 Å². The van der Waals surface area contributed by atoms with Crippen LogP contribution in [0.4, 0.5) is 0 Å². The molecule has 0 atom stereocenters. The number of hydrogen-bond donors (Lipinski definition) is 2. The van der Waals surface area contributed by atoms with E-state index in [2.05, 4.69) is 32.3 Å². The molecule has 3 heterocycles. The second-order valence-electron chi connectivity index (χ2n) is 7.60. The predicted octanol–water partition coefficient (Wildman–Crippen LogP) is 1.89. The maximum Gasteiger partial charge on any atom is 0.191 e. The first kappa shape index (κ1) is 21.0. The molecule has 0 spiro atoms. The molecule has 0 unspecified atom stereocenters. The molecule has 2 N–H and O–H groups in total. The maximum absolute atomic E-state index is 5.83. The van der Waals surface area contributed by atoms with Crippen molar-refractivity contribution in [3.05, 3.63) is 11.6 Å². The third-order valence-electron chi connectivity index (χ3n) is 5.36. The Labute approximate surface area is 168 Å². The van der Waals surface area contributed by atoms with Gasteiger partial charge in [-0.25, -0.2) is 4.99 Å². The zero-order chi connectivity index (χ0) is 19.4. The molecule has 1 fully saturated rings. The molecular formula is C20H36N6O2. The third kappa shape index (κ3) is 6.74. The van der Waals surface area contributed by atoms with E-state index in [1.54, 1.807) is 0 Å². The molecule has 158 valence electrons. The van der Waals surface area contributed by atoms with Crippen molar-refractivity contribution in [2.24, 2.45) is 10.9 Å². The Balaban J connectivity index is 1.37. The normalized spacial score (nSPS) is 18.5. The van der Waals surface area contributed by atoms with Gasteiger partial charge in [0.2, 0.25) is 0 Å². The van der Waals surface area contributed by atoms with E-state index in [0.29, 0.717) is 12.5 Å². The van der Waals surface area contributed by atoms with Gasteiger partial charge in [-0.05, 0) is 44.9 Å². The summed E-state index contributed by atoms with van der Waals surface area (Å²) >= 11 is 0. The minimum atomic E-state index is 0.558. The van der Waals surface area contributed by atoms with E-state index in [1.165, 1.54) is 19.3 Å². The number of hydrogen-bond acceptors (Lipinski definition) is 5. The van der Waals surface area contributed by atoms with Crippen molar-refractivity contribution in [1.29, 1.82) is 0 Å². The summed E-state index contributed by atoms with van der Waals surface area (Å²) in [6.07, 6.45) is 7.93. The van der Waals surface area contributed by atoms with E-state index in [9.17, 15) is 0 Å². The molecule has 0 radical (unpaired) electrons. The molecule has 8 heteroatoms. The first-order chi connectivity index (χ1) is 13.9. The van der Waals surface area contributed by atoms with E-state index in [-0.39, 0.29) is 0 Å². The fraction of sp³-hybridized carbons (Fsp3) is 0.850. The van der Waals surface area contributed by atoms with Crippen LogP contribution in [0.25, 0.3) is 0 Å². The van der Waals surface area contributed by atoms with Crippen LogP contribution in [0, 0.1) is 5.92 Å². The molecule has 2 aliphatic rings. The van der Waals surface area contributed by atoms with Crippen molar-refractivity contribution in [1.82, 2.24) is 25.4 Å². The number of aromatic nitrogens is 3. The molecule has 1 saturated heterocycles. The van der Waals surface area contributed by atoms with Gasteiger partial charge in [-0.1, -0.05) is 6.42 Å². The second kappa shape index (κ2) is 12.0. The van der Waals surface area contributed by atoms with Crippen molar-refractivity contribution < 1.29 is 9.47 Å². The average molecular weight is 393 g/mol. The number of fused-ring (bicyclic) bond motifs is 1. The summed E-state index contributed by atoms with van der Waals surface area (Å²) in [7, 11) is 0. The van der Waals surface area contributed by atoms with Gasteiger partial charge in [-0.2, -0.15) is 0 Å². The third-order valence-corrected chi connectivity index (χ3v) is 5.36. The van der Waals surface area contributed by atoms with Crippen LogP contribution in [-0.4, -0.2) is 60.2 Å². The minimum absolute atomic E-state index is 0.558. The lowest BCUT2D eigenvalue weighted by Gasteiger charge is -2.21. The zero-order valence-corrected chi connectivity index (χ0v) is 17.3. The SMILES string of the molecule is CCNC(=NCc1nnc2n1CCCCC2)NCCCOCC1CCOCC1. The topological polar surface area (TPSA) is 85.6 Å². The Kier molecular flexibility index (Phi) is 9.03. The van der Waals surface area contributed by atoms with Crippen LogP contribution < -0.4 is 10.6 Å². The molecule has 2 aliphatic heterocycles. The molecule has 3 rings (SSSR count). The molecule has 1 aromatic heterocycles. The number of nitrogens with zero attached hydrogens (tertiary/aromatic N) is 4. The number of rotatable bonds is 9.